The maximum atomic E-state index is 9.28. The van der Waals surface area contributed by atoms with Gasteiger partial charge in [-0.25, -0.2) is 0 Å². The lowest BCUT2D eigenvalue weighted by atomic mass is 11.6. The molecule has 0 atom stereocenters. The van der Waals surface area contributed by atoms with Gasteiger partial charge in [0.1, 0.15) is 0 Å². The van der Waals surface area contributed by atoms with E-state index in [1.54, 1.807) is 0 Å². The summed E-state index contributed by atoms with van der Waals surface area (Å²) in [5, 5.41) is 7.87. The van der Waals surface area contributed by atoms with Crippen LogP contribution in [0.5, 0.6) is 0 Å². The van der Waals surface area contributed by atoms with E-state index in [4.69, 9.17) is 5.21 Å². The second-order valence-corrected chi connectivity index (χ2v) is 1.31. The minimum absolute atomic E-state index is 0.364. The Labute approximate surface area is 31.4 Å². The Kier molecular flexibility index (Phi) is 2.28. The SMILES string of the molecule is CN(O)P=O. The first-order valence-corrected chi connectivity index (χ1v) is 1.79. The zero-order valence-electron chi connectivity index (χ0n) is 2.75. The minimum atomic E-state index is -0.364. The van der Waals surface area contributed by atoms with Crippen molar-refractivity contribution in [3.63, 3.8) is 0 Å². The molecule has 1 N–H and O–H groups in total. The van der Waals surface area contributed by atoms with Gasteiger partial charge in [-0.3, -0.25) is 4.57 Å². The smallest absolute Gasteiger partial charge is 0.274 e. The van der Waals surface area contributed by atoms with Crippen molar-refractivity contribution in [1.82, 2.24) is 4.83 Å². The Morgan fingerprint density at radius 1 is 2.00 bits per heavy atom. The summed E-state index contributed by atoms with van der Waals surface area (Å²) in [6.07, 6.45) is 0. The average Bonchev–Trinajstić information content (AvgIpc) is 1.38. The highest BCUT2D eigenvalue weighted by molar-refractivity contribution is 7.20. The van der Waals surface area contributed by atoms with Gasteiger partial charge in [0.25, 0.3) is 8.61 Å². The van der Waals surface area contributed by atoms with Crippen LogP contribution in [0.15, 0.2) is 0 Å². The van der Waals surface area contributed by atoms with Crippen molar-refractivity contribution in [2.75, 3.05) is 7.05 Å². The van der Waals surface area contributed by atoms with Crippen LogP contribution in [0, 0.1) is 0 Å². The number of hydroxylamine groups is 1. The molecule has 0 aliphatic carbocycles. The number of hydrogen-bond acceptors (Lipinski definition) is 2. The van der Waals surface area contributed by atoms with Gasteiger partial charge in [-0.2, -0.15) is 0 Å². The fourth-order valence-electron chi connectivity index (χ4n) is 0. The van der Waals surface area contributed by atoms with Crippen LogP contribution in [0.4, 0.5) is 0 Å². The Hall–Kier alpha value is 0.0200. The molecule has 0 rings (SSSR count). The van der Waals surface area contributed by atoms with Crippen LogP contribution in [0.3, 0.4) is 0 Å². The molecule has 5 heavy (non-hydrogen) atoms. The normalized spacial score (nSPS) is 10.2. The van der Waals surface area contributed by atoms with Crippen LogP contribution in [-0.2, 0) is 4.57 Å². The first-order chi connectivity index (χ1) is 2.27. The number of hydrogen-bond donors (Lipinski definition) is 1. The van der Waals surface area contributed by atoms with Crippen LogP contribution in [0.1, 0.15) is 0 Å². The number of rotatable bonds is 1. The molecule has 0 aliphatic heterocycles. The Morgan fingerprint density at radius 3 is 2.20 bits per heavy atom. The van der Waals surface area contributed by atoms with E-state index in [0.29, 0.717) is 4.83 Å². The summed E-state index contributed by atoms with van der Waals surface area (Å²) in [5.74, 6) is 0. The van der Waals surface area contributed by atoms with Crippen molar-refractivity contribution in [1.29, 1.82) is 0 Å². The van der Waals surface area contributed by atoms with Crippen molar-refractivity contribution in [2.45, 2.75) is 0 Å². The second kappa shape index (κ2) is 2.27. The highest BCUT2D eigenvalue weighted by atomic mass is 31.1. The second-order valence-electron chi connectivity index (χ2n) is 0.571. The van der Waals surface area contributed by atoms with Crippen LogP contribution < -0.4 is 0 Å². The van der Waals surface area contributed by atoms with Gasteiger partial charge in [0.05, 0.1) is 0 Å². The Bertz CT molecular complexity index is 36.6. The molecule has 4 heteroatoms. The molecule has 0 saturated carbocycles. The molecule has 3 nitrogen and oxygen atoms in total. The fraction of sp³-hybridized carbons (Fsp3) is 1.00. The zero-order chi connectivity index (χ0) is 4.28. The zero-order valence-corrected chi connectivity index (χ0v) is 3.64. The average molecular weight is 93.0 g/mol. The molecule has 0 saturated heterocycles. The Morgan fingerprint density at radius 2 is 2.20 bits per heavy atom. The van der Waals surface area contributed by atoms with E-state index in [1.165, 1.54) is 7.05 Å². The van der Waals surface area contributed by atoms with E-state index in [9.17, 15) is 4.57 Å². The summed E-state index contributed by atoms with van der Waals surface area (Å²) in [7, 11) is 0.922. The van der Waals surface area contributed by atoms with Gasteiger partial charge in [-0.15, -0.1) is 4.83 Å². The monoisotopic (exact) mass is 93.0 g/mol. The van der Waals surface area contributed by atoms with Gasteiger partial charge in [-0.05, 0) is 0 Å². The van der Waals surface area contributed by atoms with Gasteiger partial charge in [-0.1, -0.05) is 0 Å². The third-order valence-electron chi connectivity index (χ3n) is 0.118. The molecule has 0 fully saturated rings. The largest absolute Gasteiger partial charge is 0.303 e. The highest BCUT2D eigenvalue weighted by Crippen LogP contribution is 1.89. The summed E-state index contributed by atoms with van der Waals surface area (Å²) in [5.41, 5.74) is 0. The molecule has 0 radical (unpaired) electrons. The van der Waals surface area contributed by atoms with Crippen molar-refractivity contribution in [3.05, 3.63) is 0 Å². The van der Waals surface area contributed by atoms with Crippen molar-refractivity contribution in [3.8, 4) is 0 Å². The van der Waals surface area contributed by atoms with E-state index in [2.05, 4.69) is 0 Å². The molecule has 0 aromatic heterocycles. The predicted molar refractivity (Wildman–Crippen MR) is 17.2 cm³/mol. The Balaban J connectivity index is 2.83. The van der Waals surface area contributed by atoms with Crippen LogP contribution >= 0.6 is 8.61 Å². The molecule has 0 aromatic rings. The molecule has 30 valence electrons. The van der Waals surface area contributed by atoms with Crippen molar-refractivity contribution < 1.29 is 9.77 Å². The van der Waals surface area contributed by atoms with E-state index in [0.717, 1.165) is 0 Å². The van der Waals surface area contributed by atoms with Gasteiger partial charge < -0.3 is 5.21 Å². The lowest BCUT2D eigenvalue weighted by molar-refractivity contribution is 0.0372. The quantitative estimate of drug-likeness (QED) is 0.379. The van der Waals surface area contributed by atoms with Crippen LogP contribution in [0.2, 0.25) is 0 Å². The summed E-state index contributed by atoms with van der Waals surface area (Å²) in [4.78, 5) is 0.542. The first-order valence-electron chi connectivity index (χ1n) is 1.03. The van der Waals surface area contributed by atoms with Crippen LogP contribution in [0.25, 0.3) is 0 Å². The summed E-state index contributed by atoms with van der Waals surface area (Å²) < 4.78 is 9.28. The lowest BCUT2D eigenvalue weighted by Crippen LogP contribution is -1.92. The van der Waals surface area contributed by atoms with E-state index in [-0.39, 0.29) is 8.61 Å². The molecule has 0 unspecified atom stereocenters. The maximum Gasteiger partial charge on any atom is 0.274 e. The molecule has 0 amide bonds. The summed E-state index contributed by atoms with van der Waals surface area (Å²) in [6.45, 7) is 0. The minimum Gasteiger partial charge on any atom is -0.303 e. The van der Waals surface area contributed by atoms with E-state index in [1.807, 2.05) is 0 Å². The standard InChI is InChI=1S/CH4NO2P/c1-2(3)5-4/h3H,1H3. The molecule has 0 aromatic carbocycles. The molecule has 0 aliphatic rings. The molecule has 0 bridgehead atoms. The van der Waals surface area contributed by atoms with E-state index < -0.39 is 0 Å². The third kappa shape index (κ3) is 4.02. The summed E-state index contributed by atoms with van der Waals surface area (Å²) in [6, 6.07) is 0. The topological polar surface area (TPSA) is 40.5 Å². The first kappa shape index (κ1) is 5.02. The highest BCUT2D eigenvalue weighted by Gasteiger charge is 1.76. The van der Waals surface area contributed by atoms with Gasteiger partial charge in [0.15, 0.2) is 0 Å². The van der Waals surface area contributed by atoms with E-state index >= 15 is 0 Å². The molecular formula is CH4NO2P. The van der Waals surface area contributed by atoms with Gasteiger partial charge in [0.2, 0.25) is 0 Å². The molecule has 0 spiro atoms. The molecule has 0 heterocycles. The molecular weight excluding hydrogens is 89.0 g/mol. The maximum absolute atomic E-state index is 9.28. The number of nitrogens with zero attached hydrogens (tertiary/aromatic N) is 1. The van der Waals surface area contributed by atoms with Gasteiger partial charge in [0, 0.05) is 7.05 Å². The van der Waals surface area contributed by atoms with Gasteiger partial charge >= 0.3 is 0 Å². The van der Waals surface area contributed by atoms with Crippen molar-refractivity contribution >= 4 is 8.61 Å². The lowest BCUT2D eigenvalue weighted by Gasteiger charge is -1.84. The third-order valence-corrected chi connectivity index (χ3v) is 0.354. The predicted octanol–water partition coefficient (Wildman–Crippen LogP) is 0.514. The van der Waals surface area contributed by atoms with Crippen molar-refractivity contribution in [2.24, 2.45) is 0 Å². The van der Waals surface area contributed by atoms with Crippen LogP contribution in [-0.4, -0.2) is 17.1 Å². The summed E-state index contributed by atoms with van der Waals surface area (Å²) >= 11 is 0. The fourth-order valence-corrected chi connectivity index (χ4v) is 0.